The van der Waals surface area contributed by atoms with Gasteiger partial charge in [0.2, 0.25) is 0 Å². The van der Waals surface area contributed by atoms with Crippen LogP contribution in [0.15, 0.2) is 0 Å². The highest BCUT2D eigenvalue weighted by Gasteiger charge is 2.06. The van der Waals surface area contributed by atoms with E-state index in [4.69, 9.17) is 19.3 Å². The number of rotatable bonds is 5. The van der Waals surface area contributed by atoms with E-state index in [1.165, 1.54) is 0 Å². The fourth-order valence-electron chi connectivity index (χ4n) is 1.40. The molecular weight excluding hydrogens is 198 g/mol. The lowest BCUT2D eigenvalue weighted by atomic mass is 10.4. The average molecular weight is 219 g/mol. The molecule has 1 fully saturated rings. The van der Waals surface area contributed by atoms with Crippen molar-refractivity contribution < 1.29 is 19.3 Å². The lowest BCUT2D eigenvalue weighted by Crippen LogP contribution is -2.33. The smallest absolute Gasteiger partial charge is 0.0701 e. The van der Waals surface area contributed by atoms with Crippen molar-refractivity contribution in [3.63, 3.8) is 0 Å². The third-order valence-electron chi connectivity index (χ3n) is 2.26. The molecule has 0 aromatic heterocycles. The average Bonchev–Trinajstić information content (AvgIpc) is 2.38. The molecule has 0 saturated carbocycles. The van der Waals surface area contributed by atoms with Crippen LogP contribution in [0.3, 0.4) is 0 Å². The van der Waals surface area contributed by atoms with Gasteiger partial charge in [0.25, 0.3) is 0 Å². The quantitative estimate of drug-likeness (QED) is 0.622. The number of aliphatic hydroxyl groups is 1. The van der Waals surface area contributed by atoms with E-state index in [-0.39, 0.29) is 6.61 Å². The van der Waals surface area contributed by atoms with Crippen LogP contribution in [0.25, 0.3) is 0 Å². The van der Waals surface area contributed by atoms with E-state index < -0.39 is 0 Å². The van der Waals surface area contributed by atoms with Gasteiger partial charge in [0.15, 0.2) is 0 Å². The number of aliphatic hydroxyl groups excluding tert-OH is 1. The van der Waals surface area contributed by atoms with Gasteiger partial charge in [0.05, 0.1) is 46.2 Å². The maximum atomic E-state index is 8.54. The monoisotopic (exact) mass is 219 g/mol. The maximum absolute atomic E-state index is 8.54. The lowest BCUT2D eigenvalue weighted by Gasteiger charge is -2.20. The van der Waals surface area contributed by atoms with Gasteiger partial charge in [0, 0.05) is 19.6 Å². The van der Waals surface area contributed by atoms with Crippen molar-refractivity contribution in [1.82, 2.24) is 4.90 Å². The van der Waals surface area contributed by atoms with E-state index in [0.29, 0.717) is 26.4 Å². The van der Waals surface area contributed by atoms with E-state index in [1.54, 1.807) is 0 Å². The van der Waals surface area contributed by atoms with Crippen LogP contribution in [0, 0.1) is 0 Å². The minimum absolute atomic E-state index is 0.0895. The van der Waals surface area contributed by atoms with Crippen molar-refractivity contribution in [2.75, 3.05) is 65.9 Å². The zero-order chi connectivity index (χ0) is 10.8. The van der Waals surface area contributed by atoms with E-state index in [9.17, 15) is 0 Å². The predicted molar refractivity (Wildman–Crippen MR) is 56.0 cm³/mol. The van der Waals surface area contributed by atoms with Gasteiger partial charge in [-0.3, -0.25) is 4.90 Å². The predicted octanol–water partition coefficient (Wildman–Crippen LogP) is -0.656. The molecule has 0 radical (unpaired) electrons. The van der Waals surface area contributed by atoms with Crippen LogP contribution in [-0.4, -0.2) is 75.9 Å². The Morgan fingerprint density at radius 1 is 1.00 bits per heavy atom. The Morgan fingerprint density at radius 2 is 1.67 bits per heavy atom. The van der Waals surface area contributed by atoms with Crippen molar-refractivity contribution in [1.29, 1.82) is 0 Å². The molecule has 0 amide bonds. The summed E-state index contributed by atoms with van der Waals surface area (Å²) in [7, 11) is 0. The van der Waals surface area contributed by atoms with Crippen LogP contribution >= 0.6 is 0 Å². The fourth-order valence-corrected chi connectivity index (χ4v) is 1.40. The number of hydrogen-bond donors (Lipinski definition) is 1. The normalized spacial score (nSPS) is 20.6. The minimum Gasteiger partial charge on any atom is -0.394 e. The zero-order valence-corrected chi connectivity index (χ0v) is 9.19. The molecule has 0 aliphatic carbocycles. The standard InChI is InChI=1S/C10H21NO4/c12-4-8-13-5-1-11-2-6-14-9-10-15-7-3-11/h12H,1-10H2. The number of hydrogen-bond acceptors (Lipinski definition) is 5. The SMILES string of the molecule is OCCOCCN1CCOCCOCC1. The number of ether oxygens (including phenoxy) is 3. The van der Waals surface area contributed by atoms with Crippen LogP contribution < -0.4 is 0 Å². The highest BCUT2D eigenvalue weighted by atomic mass is 16.5. The van der Waals surface area contributed by atoms with Crippen molar-refractivity contribution >= 4 is 0 Å². The molecule has 0 aromatic rings. The van der Waals surface area contributed by atoms with Gasteiger partial charge >= 0.3 is 0 Å². The molecule has 0 atom stereocenters. The summed E-state index contributed by atoms with van der Waals surface area (Å²) in [5.41, 5.74) is 0. The van der Waals surface area contributed by atoms with Crippen LogP contribution in [0.2, 0.25) is 0 Å². The molecular formula is C10H21NO4. The Morgan fingerprint density at radius 3 is 2.27 bits per heavy atom. The van der Waals surface area contributed by atoms with Gasteiger partial charge < -0.3 is 19.3 Å². The third kappa shape index (κ3) is 6.81. The zero-order valence-electron chi connectivity index (χ0n) is 9.19. The first kappa shape index (κ1) is 12.9. The van der Waals surface area contributed by atoms with Crippen LogP contribution in [-0.2, 0) is 14.2 Å². The van der Waals surface area contributed by atoms with Crippen LogP contribution in [0.5, 0.6) is 0 Å². The van der Waals surface area contributed by atoms with Crippen molar-refractivity contribution in [2.24, 2.45) is 0 Å². The Kier molecular flexibility index (Phi) is 7.77. The highest BCUT2D eigenvalue weighted by molar-refractivity contribution is 4.58. The number of nitrogens with zero attached hydrogens (tertiary/aromatic N) is 1. The largest absolute Gasteiger partial charge is 0.394 e. The Bertz CT molecular complexity index is 135. The molecule has 1 saturated heterocycles. The first-order valence-electron chi connectivity index (χ1n) is 5.50. The highest BCUT2D eigenvalue weighted by Crippen LogP contribution is 1.93. The summed E-state index contributed by atoms with van der Waals surface area (Å²) >= 11 is 0. The summed E-state index contributed by atoms with van der Waals surface area (Å²) in [6.45, 7) is 6.76. The first-order chi connectivity index (χ1) is 7.43. The summed E-state index contributed by atoms with van der Waals surface area (Å²) in [6, 6.07) is 0. The molecule has 0 unspecified atom stereocenters. The van der Waals surface area contributed by atoms with Crippen molar-refractivity contribution in [2.45, 2.75) is 0 Å². The minimum atomic E-state index is 0.0895. The van der Waals surface area contributed by atoms with Crippen molar-refractivity contribution in [3.8, 4) is 0 Å². The lowest BCUT2D eigenvalue weighted by molar-refractivity contribution is 0.0629. The third-order valence-corrected chi connectivity index (χ3v) is 2.26. The molecule has 1 heterocycles. The second-order valence-corrected chi connectivity index (χ2v) is 3.40. The van der Waals surface area contributed by atoms with E-state index in [0.717, 1.165) is 32.8 Å². The van der Waals surface area contributed by atoms with E-state index >= 15 is 0 Å². The molecule has 1 aliphatic rings. The van der Waals surface area contributed by atoms with Gasteiger partial charge in [-0.25, -0.2) is 0 Å². The van der Waals surface area contributed by atoms with Gasteiger partial charge in [-0.15, -0.1) is 0 Å². The fraction of sp³-hybridized carbons (Fsp3) is 1.00. The summed E-state index contributed by atoms with van der Waals surface area (Å²) in [4.78, 5) is 2.25. The molecule has 90 valence electrons. The van der Waals surface area contributed by atoms with Crippen LogP contribution in [0.4, 0.5) is 0 Å². The van der Waals surface area contributed by atoms with E-state index in [2.05, 4.69) is 4.90 Å². The van der Waals surface area contributed by atoms with Gasteiger partial charge in [-0.1, -0.05) is 0 Å². The van der Waals surface area contributed by atoms with Gasteiger partial charge in [-0.2, -0.15) is 0 Å². The molecule has 15 heavy (non-hydrogen) atoms. The van der Waals surface area contributed by atoms with Gasteiger partial charge in [0.1, 0.15) is 0 Å². The molecule has 0 aromatic carbocycles. The Labute approximate surface area is 90.9 Å². The van der Waals surface area contributed by atoms with Crippen molar-refractivity contribution in [3.05, 3.63) is 0 Å². The Hall–Kier alpha value is -0.200. The van der Waals surface area contributed by atoms with E-state index in [1.807, 2.05) is 0 Å². The second kappa shape index (κ2) is 9.06. The summed E-state index contributed by atoms with van der Waals surface area (Å²) in [5, 5.41) is 8.54. The summed E-state index contributed by atoms with van der Waals surface area (Å²) in [6.07, 6.45) is 0. The molecule has 5 heteroatoms. The topological polar surface area (TPSA) is 51.2 Å². The second-order valence-electron chi connectivity index (χ2n) is 3.40. The maximum Gasteiger partial charge on any atom is 0.0701 e. The first-order valence-corrected chi connectivity index (χ1v) is 5.50. The summed E-state index contributed by atoms with van der Waals surface area (Å²) in [5.74, 6) is 0. The Balaban J connectivity index is 2.07. The molecule has 0 spiro atoms. The summed E-state index contributed by atoms with van der Waals surface area (Å²) < 4.78 is 15.9. The molecule has 1 rings (SSSR count). The van der Waals surface area contributed by atoms with Gasteiger partial charge in [-0.05, 0) is 0 Å². The molecule has 5 nitrogen and oxygen atoms in total. The molecule has 1 aliphatic heterocycles. The van der Waals surface area contributed by atoms with Crippen LogP contribution in [0.1, 0.15) is 0 Å². The molecule has 0 bridgehead atoms. The molecule has 1 N–H and O–H groups in total.